The lowest BCUT2D eigenvalue weighted by Gasteiger charge is -2.22. The largest absolute Gasteiger partial charge is 0.329 e. The van der Waals surface area contributed by atoms with Crippen molar-refractivity contribution >= 4 is 23.3 Å². The molecule has 4 aromatic rings. The van der Waals surface area contributed by atoms with Gasteiger partial charge < -0.3 is 10.2 Å². The lowest BCUT2D eigenvalue weighted by Crippen LogP contribution is -2.39. The first-order valence-corrected chi connectivity index (χ1v) is 13.1. The van der Waals surface area contributed by atoms with Crippen LogP contribution >= 0.6 is 0 Å². The number of amides is 2. The van der Waals surface area contributed by atoms with Crippen LogP contribution in [0, 0.1) is 17.0 Å². The summed E-state index contributed by atoms with van der Waals surface area (Å²) in [6.07, 6.45) is 0.544. The molecule has 0 unspecified atom stereocenters. The molecule has 0 aliphatic carbocycles. The van der Waals surface area contributed by atoms with Crippen molar-refractivity contribution in [2.24, 2.45) is 0 Å². The van der Waals surface area contributed by atoms with Crippen molar-refractivity contribution in [1.82, 2.24) is 14.7 Å². The fourth-order valence-electron chi connectivity index (χ4n) is 4.25. The molecule has 1 N–H and O–H groups in total. The van der Waals surface area contributed by atoms with Gasteiger partial charge in [0.2, 0.25) is 5.91 Å². The first-order chi connectivity index (χ1) is 19.0. The Labute approximate surface area is 233 Å². The van der Waals surface area contributed by atoms with Gasteiger partial charge in [0.05, 0.1) is 16.3 Å². The Morgan fingerprint density at radius 3 is 2.25 bits per heavy atom. The second kappa shape index (κ2) is 11.9. The van der Waals surface area contributed by atoms with E-state index >= 15 is 0 Å². The maximum atomic E-state index is 13.5. The first kappa shape index (κ1) is 28.2. The Morgan fingerprint density at radius 2 is 1.62 bits per heavy atom. The van der Waals surface area contributed by atoms with Crippen LogP contribution in [0.25, 0.3) is 5.69 Å². The minimum atomic E-state index is -0.516. The summed E-state index contributed by atoms with van der Waals surface area (Å²) in [7, 11) is 0. The number of aryl methyl sites for hydroxylation is 1. The molecule has 0 spiro atoms. The fourth-order valence-corrected chi connectivity index (χ4v) is 4.25. The van der Waals surface area contributed by atoms with Crippen LogP contribution in [-0.4, -0.2) is 44.5 Å². The predicted molar refractivity (Wildman–Crippen MR) is 155 cm³/mol. The van der Waals surface area contributed by atoms with E-state index in [2.05, 4.69) is 26.1 Å². The summed E-state index contributed by atoms with van der Waals surface area (Å²) in [5.41, 5.74) is 3.60. The van der Waals surface area contributed by atoms with Crippen molar-refractivity contribution in [3.8, 4) is 5.69 Å². The maximum Gasteiger partial charge on any atom is 0.269 e. The zero-order valence-corrected chi connectivity index (χ0v) is 23.1. The van der Waals surface area contributed by atoms with Crippen LogP contribution in [0.15, 0.2) is 84.9 Å². The first-order valence-electron chi connectivity index (χ1n) is 13.1. The zero-order valence-electron chi connectivity index (χ0n) is 23.1. The Hall–Kier alpha value is -4.79. The Bertz CT molecular complexity index is 1500. The van der Waals surface area contributed by atoms with E-state index in [1.807, 2.05) is 67.6 Å². The van der Waals surface area contributed by atoms with Crippen LogP contribution in [0.3, 0.4) is 0 Å². The molecule has 0 aliphatic heterocycles. The molecular formula is C31H33N5O4. The minimum Gasteiger partial charge on any atom is -0.329 e. The highest BCUT2D eigenvalue weighted by atomic mass is 16.6. The molecule has 1 heterocycles. The molecule has 2 amide bonds. The number of nitrogens with zero attached hydrogens (tertiary/aromatic N) is 4. The zero-order chi connectivity index (χ0) is 28.9. The number of carbonyl (C=O) groups is 2. The highest BCUT2D eigenvalue weighted by Gasteiger charge is 2.24. The van der Waals surface area contributed by atoms with E-state index in [1.54, 1.807) is 4.68 Å². The molecule has 9 nitrogen and oxygen atoms in total. The molecule has 0 bridgehead atoms. The highest BCUT2D eigenvalue weighted by molar-refractivity contribution is 5.99. The number of non-ortho nitro benzene ring substituents is 1. The van der Waals surface area contributed by atoms with Gasteiger partial charge in [-0.05, 0) is 42.7 Å². The second-order valence-corrected chi connectivity index (χ2v) is 10.7. The number of anilines is 1. The smallest absolute Gasteiger partial charge is 0.269 e. The number of para-hydroxylation sites is 1. The topological polar surface area (TPSA) is 110 Å². The van der Waals surface area contributed by atoms with Gasteiger partial charge in [-0.1, -0.05) is 69.3 Å². The van der Waals surface area contributed by atoms with Crippen LogP contribution in [0.2, 0.25) is 0 Å². The standard InChI is InChI=1S/C31H33N5O4/c1-22-10-8-9-13-26(22)35-28(20-27(33-35)31(2,3)4)32-29(37)21-34(19-18-23-11-6-5-7-12-23)30(38)24-14-16-25(17-15-24)36(39)40/h5-17,20H,18-19,21H2,1-4H3,(H,32,37). The van der Waals surface area contributed by atoms with Gasteiger partial charge in [0.15, 0.2) is 0 Å². The minimum absolute atomic E-state index is 0.107. The molecule has 0 atom stereocenters. The molecule has 9 heteroatoms. The molecule has 206 valence electrons. The monoisotopic (exact) mass is 539 g/mol. The summed E-state index contributed by atoms with van der Waals surface area (Å²) in [6, 6.07) is 24.7. The molecule has 4 rings (SSSR count). The molecule has 0 saturated carbocycles. The molecular weight excluding hydrogens is 506 g/mol. The van der Waals surface area contributed by atoms with Crippen LogP contribution in [0.1, 0.15) is 48.0 Å². The van der Waals surface area contributed by atoms with E-state index in [0.717, 1.165) is 22.5 Å². The average Bonchev–Trinajstić information content (AvgIpc) is 3.35. The molecule has 3 aromatic carbocycles. The van der Waals surface area contributed by atoms with Crippen molar-refractivity contribution in [1.29, 1.82) is 0 Å². The van der Waals surface area contributed by atoms with E-state index in [1.165, 1.54) is 29.2 Å². The van der Waals surface area contributed by atoms with Gasteiger partial charge in [-0.25, -0.2) is 4.68 Å². The van der Waals surface area contributed by atoms with E-state index in [0.29, 0.717) is 12.2 Å². The number of carbonyl (C=O) groups excluding carboxylic acids is 2. The summed E-state index contributed by atoms with van der Waals surface area (Å²) in [5.74, 6) is -0.252. The van der Waals surface area contributed by atoms with Gasteiger partial charge in [-0.15, -0.1) is 0 Å². The normalized spacial score (nSPS) is 11.2. The number of aromatic nitrogens is 2. The van der Waals surface area contributed by atoms with Crippen molar-refractivity contribution in [3.05, 3.63) is 117 Å². The Morgan fingerprint density at radius 1 is 0.975 bits per heavy atom. The summed E-state index contributed by atoms with van der Waals surface area (Å²) < 4.78 is 1.72. The Balaban J connectivity index is 1.60. The Kier molecular flexibility index (Phi) is 8.43. The number of nitro benzene ring substituents is 1. The summed E-state index contributed by atoms with van der Waals surface area (Å²) in [4.78, 5) is 38.9. The van der Waals surface area contributed by atoms with Gasteiger partial charge in [0.25, 0.3) is 11.6 Å². The molecule has 0 fully saturated rings. The van der Waals surface area contributed by atoms with Crippen LogP contribution in [-0.2, 0) is 16.6 Å². The van der Waals surface area contributed by atoms with Gasteiger partial charge >= 0.3 is 0 Å². The van der Waals surface area contributed by atoms with Gasteiger partial charge in [-0.2, -0.15) is 5.10 Å². The van der Waals surface area contributed by atoms with Gasteiger partial charge in [0, 0.05) is 35.7 Å². The van der Waals surface area contributed by atoms with E-state index in [9.17, 15) is 19.7 Å². The number of hydrogen-bond acceptors (Lipinski definition) is 5. The predicted octanol–water partition coefficient (Wildman–Crippen LogP) is 5.71. The fraction of sp³-hybridized carbons (Fsp3) is 0.258. The summed E-state index contributed by atoms with van der Waals surface area (Å²) in [5, 5.41) is 18.8. The lowest BCUT2D eigenvalue weighted by atomic mass is 9.92. The van der Waals surface area contributed by atoms with Crippen LogP contribution < -0.4 is 5.32 Å². The lowest BCUT2D eigenvalue weighted by molar-refractivity contribution is -0.384. The molecule has 1 aromatic heterocycles. The molecule has 0 saturated heterocycles. The summed E-state index contributed by atoms with van der Waals surface area (Å²) >= 11 is 0. The number of rotatable bonds is 9. The molecule has 0 radical (unpaired) electrons. The SMILES string of the molecule is Cc1ccccc1-n1nc(C(C)(C)C)cc1NC(=O)CN(CCc1ccccc1)C(=O)c1ccc([N+](=O)[O-])cc1. The third kappa shape index (κ3) is 6.79. The van der Waals surface area contributed by atoms with E-state index in [-0.39, 0.29) is 41.6 Å². The maximum absolute atomic E-state index is 13.5. The van der Waals surface area contributed by atoms with E-state index in [4.69, 9.17) is 5.10 Å². The van der Waals surface area contributed by atoms with Crippen molar-refractivity contribution in [2.75, 3.05) is 18.4 Å². The quantitative estimate of drug-likeness (QED) is 0.216. The van der Waals surface area contributed by atoms with Crippen LogP contribution in [0.4, 0.5) is 11.5 Å². The average molecular weight is 540 g/mol. The summed E-state index contributed by atoms with van der Waals surface area (Å²) in [6.45, 7) is 8.23. The third-order valence-corrected chi connectivity index (χ3v) is 6.55. The number of hydrogen-bond donors (Lipinski definition) is 1. The number of nitrogens with one attached hydrogen (secondary N) is 1. The number of nitro groups is 1. The van der Waals surface area contributed by atoms with Crippen LogP contribution in [0.5, 0.6) is 0 Å². The second-order valence-electron chi connectivity index (χ2n) is 10.7. The van der Waals surface area contributed by atoms with Crippen molar-refractivity contribution < 1.29 is 14.5 Å². The molecule has 0 aliphatic rings. The number of benzene rings is 3. The van der Waals surface area contributed by atoms with Crippen molar-refractivity contribution in [3.63, 3.8) is 0 Å². The van der Waals surface area contributed by atoms with E-state index < -0.39 is 4.92 Å². The highest BCUT2D eigenvalue weighted by Crippen LogP contribution is 2.27. The van der Waals surface area contributed by atoms with Crippen molar-refractivity contribution in [2.45, 2.75) is 39.5 Å². The van der Waals surface area contributed by atoms with Gasteiger partial charge in [0.1, 0.15) is 12.4 Å². The third-order valence-electron chi connectivity index (χ3n) is 6.55. The molecule has 40 heavy (non-hydrogen) atoms. The van der Waals surface area contributed by atoms with Gasteiger partial charge in [-0.3, -0.25) is 19.7 Å².